The lowest BCUT2D eigenvalue weighted by Gasteiger charge is -2.13. The third kappa shape index (κ3) is 4.55. The van der Waals surface area contributed by atoms with Gasteiger partial charge >= 0.3 is 0 Å². The molecule has 7 heteroatoms. The molecule has 0 aliphatic carbocycles. The summed E-state index contributed by atoms with van der Waals surface area (Å²) < 4.78 is 5.96. The minimum absolute atomic E-state index is 0.355. The Labute approximate surface area is 167 Å². The third-order valence-electron chi connectivity index (χ3n) is 3.76. The SMILES string of the molecule is Clc1cccc(Nc2nncc(Nc3ccccc3Oc3ccccc3)n2)c1. The summed E-state index contributed by atoms with van der Waals surface area (Å²) >= 11 is 6.01. The van der Waals surface area contributed by atoms with Crippen molar-refractivity contribution in [2.75, 3.05) is 10.6 Å². The Hall–Kier alpha value is -3.64. The number of nitrogens with one attached hydrogen (secondary N) is 2. The molecule has 28 heavy (non-hydrogen) atoms. The molecule has 0 saturated carbocycles. The van der Waals surface area contributed by atoms with E-state index in [1.54, 1.807) is 18.3 Å². The third-order valence-corrected chi connectivity index (χ3v) is 4.00. The Balaban J connectivity index is 1.53. The van der Waals surface area contributed by atoms with E-state index in [-0.39, 0.29) is 0 Å². The molecule has 0 fully saturated rings. The molecule has 0 atom stereocenters. The summed E-state index contributed by atoms with van der Waals surface area (Å²) in [7, 11) is 0. The quantitative estimate of drug-likeness (QED) is 0.434. The number of anilines is 4. The molecular formula is C21H16ClN5O. The Bertz CT molecular complexity index is 1070. The van der Waals surface area contributed by atoms with E-state index in [0.29, 0.717) is 22.5 Å². The molecule has 0 amide bonds. The van der Waals surface area contributed by atoms with Crippen molar-refractivity contribution < 1.29 is 4.74 Å². The van der Waals surface area contributed by atoms with Crippen molar-refractivity contribution in [2.24, 2.45) is 0 Å². The monoisotopic (exact) mass is 389 g/mol. The van der Waals surface area contributed by atoms with Crippen LogP contribution in [0.4, 0.5) is 23.1 Å². The topological polar surface area (TPSA) is 72.0 Å². The molecule has 1 heterocycles. The van der Waals surface area contributed by atoms with Crippen LogP contribution in [0, 0.1) is 0 Å². The van der Waals surface area contributed by atoms with Crippen molar-refractivity contribution in [3.8, 4) is 11.5 Å². The first-order valence-corrected chi connectivity index (χ1v) is 8.95. The molecule has 2 N–H and O–H groups in total. The lowest BCUT2D eigenvalue weighted by Crippen LogP contribution is -2.03. The van der Waals surface area contributed by atoms with Crippen molar-refractivity contribution in [3.63, 3.8) is 0 Å². The van der Waals surface area contributed by atoms with Gasteiger partial charge in [-0.3, -0.25) is 0 Å². The molecule has 0 spiro atoms. The molecule has 0 saturated heterocycles. The maximum absolute atomic E-state index is 6.01. The largest absolute Gasteiger partial charge is 0.455 e. The standard InChI is InChI=1S/C21H16ClN5O/c22-15-7-6-8-16(13-15)24-21-26-20(14-23-27-21)25-18-11-4-5-12-19(18)28-17-9-2-1-3-10-17/h1-14H,(H2,24,25,26,27). The van der Waals surface area contributed by atoms with E-state index in [1.807, 2.05) is 66.7 Å². The number of benzene rings is 3. The Morgan fingerprint density at radius 1 is 0.821 bits per heavy atom. The number of hydrogen-bond acceptors (Lipinski definition) is 6. The minimum atomic E-state index is 0.355. The van der Waals surface area contributed by atoms with Gasteiger partial charge in [0, 0.05) is 10.7 Å². The molecule has 4 rings (SSSR count). The fourth-order valence-corrected chi connectivity index (χ4v) is 2.71. The number of halogens is 1. The molecule has 0 aliphatic rings. The molecule has 0 aliphatic heterocycles. The molecular weight excluding hydrogens is 374 g/mol. The summed E-state index contributed by atoms with van der Waals surface area (Å²) in [5, 5.41) is 14.9. The van der Waals surface area contributed by atoms with Gasteiger partial charge < -0.3 is 15.4 Å². The maximum atomic E-state index is 6.01. The van der Waals surface area contributed by atoms with Gasteiger partial charge in [-0.1, -0.05) is 48.0 Å². The van der Waals surface area contributed by atoms with Crippen LogP contribution in [0.2, 0.25) is 5.02 Å². The zero-order valence-corrected chi connectivity index (χ0v) is 15.5. The van der Waals surface area contributed by atoms with Crippen molar-refractivity contribution in [3.05, 3.63) is 90.1 Å². The fourth-order valence-electron chi connectivity index (χ4n) is 2.52. The summed E-state index contributed by atoms with van der Waals surface area (Å²) in [5.74, 6) is 2.31. The van der Waals surface area contributed by atoms with E-state index < -0.39 is 0 Å². The van der Waals surface area contributed by atoms with Gasteiger partial charge in [-0.25, -0.2) is 0 Å². The van der Waals surface area contributed by atoms with Gasteiger partial charge in [0.15, 0.2) is 11.6 Å². The van der Waals surface area contributed by atoms with Crippen molar-refractivity contribution in [1.29, 1.82) is 0 Å². The van der Waals surface area contributed by atoms with Gasteiger partial charge in [-0.05, 0) is 42.5 Å². The lowest BCUT2D eigenvalue weighted by atomic mass is 10.3. The number of rotatable bonds is 6. The van der Waals surface area contributed by atoms with Crippen molar-refractivity contribution in [1.82, 2.24) is 15.2 Å². The molecule has 4 aromatic rings. The fraction of sp³-hybridized carbons (Fsp3) is 0. The summed E-state index contributed by atoms with van der Waals surface area (Å²) in [6.45, 7) is 0. The van der Waals surface area contributed by atoms with Gasteiger partial charge in [0.1, 0.15) is 5.75 Å². The first kappa shape index (κ1) is 17.8. The van der Waals surface area contributed by atoms with Gasteiger partial charge in [0.05, 0.1) is 11.9 Å². The van der Waals surface area contributed by atoms with Crippen LogP contribution < -0.4 is 15.4 Å². The van der Waals surface area contributed by atoms with Crippen LogP contribution in [-0.2, 0) is 0 Å². The van der Waals surface area contributed by atoms with Gasteiger partial charge in [0.2, 0.25) is 5.95 Å². The van der Waals surface area contributed by atoms with Crippen LogP contribution in [0.1, 0.15) is 0 Å². The molecule has 0 radical (unpaired) electrons. The predicted molar refractivity (Wildman–Crippen MR) is 111 cm³/mol. The van der Waals surface area contributed by atoms with E-state index >= 15 is 0 Å². The van der Waals surface area contributed by atoms with Gasteiger partial charge in [-0.2, -0.15) is 10.1 Å². The predicted octanol–water partition coefficient (Wildman–Crippen LogP) is 5.80. The number of aromatic nitrogens is 3. The number of hydrogen-bond donors (Lipinski definition) is 2. The highest BCUT2D eigenvalue weighted by molar-refractivity contribution is 6.30. The summed E-state index contributed by atoms with van der Waals surface area (Å²) in [6, 6.07) is 24.5. The van der Waals surface area contributed by atoms with E-state index in [9.17, 15) is 0 Å². The average molecular weight is 390 g/mol. The highest BCUT2D eigenvalue weighted by Gasteiger charge is 2.07. The second-order valence-electron chi connectivity index (χ2n) is 5.84. The highest BCUT2D eigenvalue weighted by Crippen LogP contribution is 2.31. The molecule has 138 valence electrons. The van der Waals surface area contributed by atoms with Crippen LogP contribution in [0.3, 0.4) is 0 Å². The number of para-hydroxylation sites is 3. The first-order chi connectivity index (χ1) is 13.8. The van der Waals surface area contributed by atoms with E-state index in [4.69, 9.17) is 16.3 Å². The summed E-state index contributed by atoms with van der Waals surface area (Å²) in [5.41, 5.74) is 1.54. The van der Waals surface area contributed by atoms with Crippen LogP contribution >= 0.6 is 11.6 Å². The molecule has 3 aromatic carbocycles. The minimum Gasteiger partial charge on any atom is -0.455 e. The van der Waals surface area contributed by atoms with Crippen LogP contribution in [-0.4, -0.2) is 15.2 Å². The van der Waals surface area contributed by atoms with Crippen LogP contribution in [0.15, 0.2) is 85.1 Å². The summed E-state index contributed by atoms with van der Waals surface area (Å²) in [4.78, 5) is 4.45. The molecule has 0 unspecified atom stereocenters. The Morgan fingerprint density at radius 2 is 1.64 bits per heavy atom. The second-order valence-corrected chi connectivity index (χ2v) is 6.27. The Kier molecular flexibility index (Phi) is 5.31. The van der Waals surface area contributed by atoms with E-state index in [0.717, 1.165) is 17.1 Å². The van der Waals surface area contributed by atoms with Gasteiger partial charge in [-0.15, -0.1) is 5.10 Å². The first-order valence-electron chi connectivity index (χ1n) is 8.57. The normalized spacial score (nSPS) is 10.3. The highest BCUT2D eigenvalue weighted by atomic mass is 35.5. The molecule has 1 aromatic heterocycles. The molecule has 6 nitrogen and oxygen atoms in total. The average Bonchev–Trinajstić information content (AvgIpc) is 2.71. The lowest BCUT2D eigenvalue weighted by molar-refractivity contribution is 0.485. The van der Waals surface area contributed by atoms with Crippen LogP contribution in [0.5, 0.6) is 11.5 Å². The van der Waals surface area contributed by atoms with E-state index in [1.165, 1.54) is 0 Å². The van der Waals surface area contributed by atoms with Gasteiger partial charge in [0.25, 0.3) is 0 Å². The number of ether oxygens (including phenoxy) is 1. The maximum Gasteiger partial charge on any atom is 0.249 e. The Morgan fingerprint density at radius 3 is 2.50 bits per heavy atom. The van der Waals surface area contributed by atoms with E-state index in [2.05, 4.69) is 25.8 Å². The van der Waals surface area contributed by atoms with Crippen molar-refractivity contribution in [2.45, 2.75) is 0 Å². The number of nitrogens with zero attached hydrogens (tertiary/aromatic N) is 3. The second kappa shape index (κ2) is 8.37. The molecule has 0 bridgehead atoms. The zero-order chi connectivity index (χ0) is 19.2. The van der Waals surface area contributed by atoms with Crippen molar-refractivity contribution >= 4 is 34.7 Å². The van der Waals surface area contributed by atoms with Crippen LogP contribution in [0.25, 0.3) is 0 Å². The zero-order valence-electron chi connectivity index (χ0n) is 14.7. The smallest absolute Gasteiger partial charge is 0.249 e. The summed E-state index contributed by atoms with van der Waals surface area (Å²) in [6.07, 6.45) is 1.54.